The monoisotopic (exact) mass is 254 g/mol. The molecule has 18 heavy (non-hydrogen) atoms. The van der Waals surface area contributed by atoms with Crippen molar-refractivity contribution in [3.8, 4) is 5.75 Å². The van der Waals surface area contributed by atoms with Crippen LogP contribution in [0.25, 0.3) is 0 Å². The Morgan fingerprint density at radius 1 is 1.39 bits per heavy atom. The quantitative estimate of drug-likeness (QED) is 0.824. The highest BCUT2D eigenvalue weighted by molar-refractivity contribution is 5.78. The van der Waals surface area contributed by atoms with E-state index in [0.717, 1.165) is 18.6 Å². The molecule has 1 unspecified atom stereocenters. The van der Waals surface area contributed by atoms with Crippen LogP contribution in [-0.2, 0) is 11.2 Å². The van der Waals surface area contributed by atoms with Crippen molar-refractivity contribution in [1.82, 2.24) is 0 Å². The summed E-state index contributed by atoms with van der Waals surface area (Å²) >= 11 is 0. The van der Waals surface area contributed by atoms with Crippen molar-refractivity contribution in [2.24, 2.45) is 5.92 Å². The fraction of sp³-hybridized carbons (Fsp3) is 0.500. The van der Waals surface area contributed by atoms with Gasteiger partial charge in [-0.2, -0.15) is 0 Å². The van der Waals surface area contributed by atoms with E-state index in [1.54, 1.807) is 0 Å². The molecule has 0 aromatic heterocycles. The first-order chi connectivity index (χ1) is 8.61. The second-order valence-corrected chi connectivity index (χ2v) is 4.71. The van der Waals surface area contributed by atoms with Gasteiger partial charge in [0.2, 0.25) is 0 Å². The zero-order valence-corrected chi connectivity index (χ0v) is 10.3. The maximum atomic E-state index is 13.6. The molecule has 1 atom stereocenters. The molecule has 1 heterocycles. The number of ether oxygens (including phenoxy) is 1. The number of rotatable bonds is 4. The molecule has 1 aromatic rings. The minimum absolute atomic E-state index is 0.00851. The van der Waals surface area contributed by atoms with E-state index in [9.17, 15) is 13.6 Å². The number of halogens is 2. The first kappa shape index (κ1) is 13.0. The van der Waals surface area contributed by atoms with E-state index in [4.69, 9.17) is 4.74 Å². The molecule has 0 radical (unpaired) electrons. The minimum Gasteiger partial charge on any atom is -0.490 e. The van der Waals surface area contributed by atoms with Crippen LogP contribution in [0.5, 0.6) is 5.75 Å². The van der Waals surface area contributed by atoms with Gasteiger partial charge >= 0.3 is 0 Å². The molecule has 0 fully saturated rings. The van der Waals surface area contributed by atoms with Crippen molar-refractivity contribution in [3.63, 3.8) is 0 Å². The lowest BCUT2D eigenvalue weighted by molar-refractivity contribution is -0.120. The summed E-state index contributed by atoms with van der Waals surface area (Å²) in [4.78, 5) is 11.6. The van der Waals surface area contributed by atoms with E-state index in [1.165, 1.54) is 0 Å². The van der Waals surface area contributed by atoms with Crippen LogP contribution in [0.3, 0.4) is 0 Å². The average molecular weight is 254 g/mol. The van der Waals surface area contributed by atoms with Crippen LogP contribution in [0.4, 0.5) is 8.78 Å². The topological polar surface area (TPSA) is 26.3 Å². The van der Waals surface area contributed by atoms with E-state index < -0.39 is 11.6 Å². The van der Waals surface area contributed by atoms with E-state index >= 15 is 0 Å². The third-order valence-corrected chi connectivity index (χ3v) is 3.16. The highest BCUT2D eigenvalue weighted by Crippen LogP contribution is 2.33. The SMILES string of the molecule is CCCC(=O)CC1COc2c(F)ccc(F)c2C1. The average Bonchev–Trinajstić information content (AvgIpc) is 2.34. The molecular weight excluding hydrogens is 238 g/mol. The summed E-state index contributed by atoms with van der Waals surface area (Å²) in [6, 6.07) is 2.17. The highest BCUT2D eigenvalue weighted by Gasteiger charge is 2.26. The van der Waals surface area contributed by atoms with Gasteiger partial charge in [0, 0.05) is 24.3 Å². The summed E-state index contributed by atoms with van der Waals surface area (Å²) in [5.41, 5.74) is 0.260. The number of carbonyl (C=O) groups is 1. The summed E-state index contributed by atoms with van der Waals surface area (Å²) in [7, 11) is 0. The van der Waals surface area contributed by atoms with E-state index in [2.05, 4.69) is 0 Å². The summed E-state index contributed by atoms with van der Waals surface area (Å²) in [5, 5.41) is 0. The smallest absolute Gasteiger partial charge is 0.165 e. The van der Waals surface area contributed by atoms with Crippen LogP contribution in [0.2, 0.25) is 0 Å². The third kappa shape index (κ3) is 2.68. The van der Waals surface area contributed by atoms with E-state index in [1.807, 2.05) is 6.92 Å². The van der Waals surface area contributed by atoms with Gasteiger partial charge < -0.3 is 4.74 Å². The van der Waals surface area contributed by atoms with Crippen LogP contribution >= 0.6 is 0 Å². The van der Waals surface area contributed by atoms with Gasteiger partial charge in [0.15, 0.2) is 11.6 Å². The second-order valence-electron chi connectivity index (χ2n) is 4.71. The first-order valence-corrected chi connectivity index (χ1v) is 6.23. The predicted octanol–water partition coefficient (Wildman–Crippen LogP) is 3.28. The molecule has 1 aromatic carbocycles. The lowest BCUT2D eigenvalue weighted by Gasteiger charge is -2.25. The van der Waals surface area contributed by atoms with E-state index in [-0.39, 0.29) is 29.6 Å². The van der Waals surface area contributed by atoms with Crippen LogP contribution < -0.4 is 4.74 Å². The summed E-state index contributed by atoms with van der Waals surface area (Å²) in [6.45, 7) is 2.22. The molecule has 0 aliphatic carbocycles. The Hall–Kier alpha value is -1.45. The number of ketones is 1. The molecule has 0 N–H and O–H groups in total. The molecule has 4 heteroatoms. The van der Waals surface area contributed by atoms with Crippen molar-refractivity contribution in [2.45, 2.75) is 32.6 Å². The predicted molar refractivity (Wildman–Crippen MR) is 63.6 cm³/mol. The van der Waals surface area contributed by atoms with Gasteiger partial charge in [-0.3, -0.25) is 4.79 Å². The maximum Gasteiger partial charge on any atom is 0.165 e. The van der Waals surface area contributed by atoms with Gasteiger partial charge in [0.05, 0.1) is 6.61 Å². The van der Waals surface area contributed by atoms with Crippen LogP contribution in [0.15, 0.2) is 12.1 Å². The molecule has 98 valence electrons. The molecule has 2 rings (SSSR count). The largest absolute Gasteiger partial charge is 0.490 e. The van der Waals surface area contributed by atoms with Crippen molar-refractivity contribution in [2.75, 3.05) is 6.61 Å². The van der Waals surface area contributed by atoms with Gasteiger partial charge in [-0.15, -0.1) is 0 Å². The highest BCUT2D eigenvalue weighted by atomic mass is 19.1. The van der Waals surface area contributed by atoms with Crippen LogP contribution in [0.1, 0.15) is 31.7 Å². The Labute approximate surface area is 105 Å². The molecule has 1 aliphatic heterocycles. The first-order valence-electron chi connectivity index (χ1n) is 6.23. The maximum absolute atomic E-state index is 13.6. The normalized spacial score (nSPS) is 18.1. The number of carbonyl (C=O) groups excluding carboxylic acids is 1. The molecular formula is C14H16F2O2. The lowest BCUT2D eigenvalue weighted by Crippen LogP contribution is -2.25. The Kier molecular flexibility index (Phi) is 3.94. The fourth-order valence-corrected chi connectivity index (χ4v) is 2.30. The number of hydrogen-bond donors (Lipinski definition) is 0. The van der Waals surface area contributed by atoms with Crippen molar-refractivity contribution in [3.05, 3.63) is 29.3 Å². The van der Waals surface area contributed by atoms with Gasteiger partial charge in [0.1, 0.15) is 11.6 Å². The van der Waals surface area contributed by atoms with Crippen molar-refractivity contribution in [1.29, 1.82) is 0 Å². The van der Waals surface area contributed by atoms with Gasteiger partial charge in [-0.1, -0.05) is 6.92 Å². The molecule has 0 saturated heterocycles. The van der Waals surface area contributed by atoms with Gasteiger partial charge in [0.25, 0.3) is 0 Å². The Morgan fingerprint density at radius 2 is 2.11 bits per heavy atom. The number of Topliss-reactive ketones (excluding diaryl/α,β-unsaturated/α-hetero) is 1. The number of fused-ring (bicyclic) bond motifs is 1. The van der Waals surface area contributed by atoms with E-state index in [0.29, 0.717) is 19.3 Å². The summed E-state index contributed by atoms with van der Waals surface area (Å²) < 4.78 is 32.2. The molecule has 0 amide bonds. The lowest BCUT2D eigenvalue weighted by atomic mass is 9.91. The molecule has 0 bridgehead atoms. The molecule has 0 spiro atoms. The molecule has 0 saturated carbocycles. The molecule has 1 aliphatic rings. The number of hydrogen-bond acceptors (Lipinski definition) is 2. The minimum atomic E-state index is -0.537. The Bertz CT molecular complexity index is 457. The van der Waals surface area contributed by atoms with Crippen LogP contribution in [0, 0.1) is 17.6 Å². The Balaban J connectivity index is 2.10. The number of benzene rings is 1. The zero-order valence-electron chi connectivity index (χ0n) is 10.3. The van der Waals surface area contributed by atoms with Crippen LogP contribution in [-0.4, -0.2) is 12.4 Å². The zero-order chi connectivity index (χ0) is 13.1. The van der Waals surface area contributed by atoms with Crippen molar-refractivity contribution >= 4 is 5.78 Å². The second kappa shape index (κ2) is 5.46. The standard InChI is InChI=1S/C14H16F2O2/c1-2-3-10(17)6-9-7-11-12(15)4-5-13(16)14(11)18-8-9/h4-5,9H,2-3,6-8H2,1H3. The van der Waals surface area contributed by atoms with Gasteiger partial charge in [-0.25, -0.2) is 8.78 Å². The fourth-order valence-electron chi connectivity index (χ4n) is 2.30. The van der Waals surface area contributed by atoms with Gasteiger partial charge in [-0.05, 0) is 25.0 Å². The van der Waals surface area contributed by atoms with Crippen molar-refractivity contribution < 1.29 is 18.3 Å². The Morgan fingerprint density at radius 3 is 2.83 bits per heavy atom. The summed E-state index contributed by atoms with van der Waals surface area (Å²) in [6.07, 6.45) is 2.10. The summed E-state index contributed by atoms with van der Waals surface area (Å²) in [5.74, 6) is -0.878. The third-order valence-electron chi connectivity index (χ3n) is 3.16. The molecule has 2 nitrogen and oxygen atoms in total.